The lowest BCUT2D eigenvalue weighted by atomic mass is 10.1. The third-order valence-electron chi connectivity index (χ3n) is 4.32. The van der Waals surface area contributed by atoms with Crippen molar-refractivity contribution < 1.29 is 8.42 Å². The number of aryl methyl sites for hydroxylation is 2. The highest BCUT2D eigenvalue weighted by molar-refractivity contribution is 7.89. The molecule has 0 aromatic heterocycles. The van der Waals surface area contributed by atoms with Gasteiger partial charge in [-0.2, -0.15) is 0 Å². The number of hydrogen-bond acceptors (Lipinski definition) is 4. The quantitative estimate of drug-likeness (QED) is 0.839. The molecule has 2 aliphatic heterocycles. The van der Waals surface area contributed by atoms with Gasteiger partial charge in [-0.15, -0.1) is 0 Å². The predicted octanol–water partition coefficient (Wildman–Crippen LogP) is 2.15. The lowest BCUT2D eigenvalue weighted by Crippen LogP contribution is -2.46. The van der Waals surface area contributed by atoms with Crippen LogP contribution in [0.5, 0.6) is 0 Å². The van der Waals surface area contributed by atoms with Crippen molar-refractivity contribution in [3.8, 4) is 0 Å². The van der Waals surface area contributed by atoms with Gasteiger partial charge < -0.3 is 4.90 Å². The van der Waals surface area contributed by atoms with E-state index in [1.54, 1.807) is 6.07 Å². The summed E-state index contributed by atoms with van der Waals surface area (Å²) in [5, 5.41) is 0. The van der Waals surface area contributed by atoms with E-state index in [1.165, 1.54) is 10.7 Å². The van der Waals surface area contributed by atoms with Crippen molar-refractivity contribution in [1.29, 1.82) is 0 Å². The molecule has 1 fully saturated rings. The second kappa shape index (κ2) is 5.91. The van der Waals surface area contributed by atoms with Crippen molar-refractivity contribution in [2.24, 2.45) is 4.99 Å². The molecule has 0 N–H and O–H groups in total. The summed E-state index contributed by atoms with van der Waals surface area (Å²) in [6.07, 6.45) is 3.43. The Morgan fingerprint density at radius 1 is 1.05 bits per heavy atom. The zero-order valence-corrected chi connectivity index (χ0v) is 14.1. The Morgan fingerprint density at radius 3 is 2.45 bits per heavy atom. The molecule has 0 spiro atoms. The summed E-state index contributed by atoms with van der Waals surface area (Å²) in [6, 6.07) is 5.49. The van der Waals surface area contributed by atoms with Gasteiger partial charge in [0.05, 0.1) is 18.0 Å². The van der Waals surface area contributed by atoms with E-state index in [2.05, 4.69) is 9.89 Å². The van der Waals surface area contributed by atoms with Crippen LogP contribution < -0.4 is 0 Å². The molecule has 0 atom stereocenters. The van der Waals surface area contributed by atoms with Gasteiger partial charge in [0.2, 0.25) is 5.96 Å². The topological polar surface area (TPSA) is 53.0 Å². The van der Waals surface area contributed by atoms with Gasteiger partial charge in [0.25, 0.3) is 10.0 Å². The van der Waals surface area contributed by atoms with Crippen LogP contribution in [0.15, 0.2) is 28.1 Å². The number of aliphatic imine (C=N–C) groups is 1. The summed E-state index contributed by atoms with van der Waals surface area (Å²) >= 11 is 0. The Morgan fingerprint density at radius 2 is 1.77 bits per heavy atom. The van der Waals surface area contributed by atoms with E-state index in [1.807, 2.05) is 26.0 Å². The van der Waals surface area contributed by atoms with Crippen LogP contribution >= 0.6 is 0 Å². The summed E-state index contributed by atoms with van der Waals surface area (Å²) in [4.78, 5) is 6.98. The van der Waals surface area contributed by atoms with Crippen molar-refractivity contribution >= 4 is 16.0 Å². The molecule has 120 valence electrons. The van der Waals surface area contributed by atoms with E-state index >= 15 is 0 Å². The van der Waals surface area contributed by atoms with Crippen LogP contribution in [-0.2, 0) is 10.0 Å². The third-order valence-corrected chi connectivity index (χ3v) is 6.26. The molecule has 0 unspecified atom stereocenters. The van der Waals surface area contributed by atoms with E-state index in [0.29, 0.717) is 23.9 Å². The van der Waals surface area contributed by atoms with E-state index < -0.39 is 10.0 Å². The molecule has 22 heavy (non-hydrogen) atoms. The lowest BCUT2D eigenvalue weighted by Gasteiger charge is -2.33. The van der Waals surface area contributed by atoms with Crippen LogP contribution in [0, 0.1) is 13.8 Å². The molecule has 3 rings (SSSR count). The highest BCUT2D eigenvalue weighted by atomic mass is 32.2. The molecule has 0 bridgehead atoms. The van der Waals surface area contributed by atoms with Crippen LogP contribution in [0.1, 0.15) is 30.4 Å². The summed E-state index contributed by atoms with van der Waals surface area (Å²) in [5.74, 6) is 0.639. The van der Waals surface area contributed by atoms with E-state index in [-0.39, 0.29) is 0 Å². The fourth-order valence-corrected chi connectivity index (χ4v) is 4.86. The van der Waals surface area contributed by atoms with Gasteiger partial charge in [0, 0.05) is 13.1 Å². The Balaban J connectivity index is 1.92. The second-order valence-corrected chi connectivity index (χ2v) is 7.91. The average molecular weight is 321 g/mol. The van der Waals surface area contributed by atoms with Gasteiger partial charge in [-0.05, 0) is 44.7 Å². The van der Waals surface area contributed by atoms with Crippen LogP contribution in [0.25, 0.3) is 0 Å². The molecule has 0 radical (unpaired) electrons. The molecule has 2 aliphatic rings. The van der Waals surface area contributed by atoms with Crippen molar-refractivity contribution in [3.63, 3.8) is 0 Å². The number of piperidine rings is 1. The van der Waals surface area contributed by atoms with Gasteiger partial charge in [-0.25, -0.2) is 12.7 Å². The largest absolute Gasteiger partial charge is 0.342 e. The Hall–Kier alpha value is -1.56. The number of benzene rings is 1. The maximum absolute atomic E-state index is 13.0. The van der Waals surface area contributed by atoms with Crippen molar-refractivity contribution in [3.05, 3.63) is 29.3 Å². The molecular formula is C16H23N3O2S. The molecule has 6 heteroatoms. The zero-order chi connectivity index (χ0) is 15.7. The first-order valence-corrected chi connectivity index (χ1v) is 9.33. The molecule has 0 amide bonds. The smallest absolute Gasteiger partial charge is 0.266 e. The maximum Gasteiger partial charge on any atom is 0.266 e. The molecule has 1 aromatic rings. The average Bonchev–Trinajstić information content (AvgIpc) is 2.98. The minimum absolute atomic E-state index is 0.393. The van der Waals surface area contributed by atoms with Crippen LogP contribution in [0.2, 0.25) is 0 Å². The van der Waals surface area contributed by atoms with E-state index in [9.17, 15) is 8.42 Å². The van der Waals surface area contributed by atoms with Gasteiger partial charge in [0.15, 0.2) is 0 Å². The first-order chi connectivity index (χ1) is 10.5. The third kappa shape index (κ3) is 2.72. The number of nitrogens with zero attached hydrogens (tertiary/aromatic N) is 3. The van der Waals surface area contributed by atoms with E-state index in [0.717, 1.165) is 37.1 Å². The SMILES string of the molecule is Cc1ccc(S(=O)(=O)N2CCN=C2N2CCCCC2)c(C)c1. The van der Waals surface area contributed by atoms with Gasteiger partial charge in [-0.1, -0.05) is 17.7 Å². The Kier molecular flexibility index (Phi) is 4.12. The molecule has 0 saturated carbocycles. The number of rotatable bonds is 2. The normalized spacial score (nSPS) is 19.5. The van der Waals surface area contributed by atoms with Crippen molar-refractivity contribution in [2.45, 2.75) is 38.0 Å². The minimum atomic E-state index is -3.52. The number of likely N-dealkylation sites (tertiary alicyclic amines) is 1. The summed E-state index contributed by atoms with van der Waals surface area (Å²) in [7, 11) is -3.52. The summed E-state index contributed by atoms with van der Waals surface area (Å²) in [5.41, 5.74) is 1.87. The number of guanidine groups is 1. The minimum Gasteiger partial charge on any atom is -0.342 e. The van der Waals surface area contributed by atoms with Gasteiger partial charge in [0.1, 0.15) is 0 Å². The van der Waals surface area contributed by atoms with Gasteiger partial charge in [-0.3, -0.25) is 4.99 Å². The second-order valence-electron chi connectivity index (χ2n) is 6.08. The first-order valence-electron chi connectivity index (χ1n) is 7.89. The first kappa shape index (κ1) is 15.3. The highest BCUT2D eigenvalue weighted by Gasteiger charge is 2.34. The fraction of sp³-hybridized carbons (Fsp3) is 0.562. The van der Waals surface area contributed by atoms with Crippen LogP contribution in [0.3, 0.4) is 0 Å². The maximum atomic E-state index is 13.0. The number of sulfonamides is 1. The fourth-order valence-electron chi connectivity index (χ4n) is 3.21. The zero-order valence-electron chi connectivity index (χ0n) is 13.2. The van der Waals surface area contributed by atoms with Crippen molar-refractivity contribution in [2.75, 3.05) is 26.2 Å². The van der Waals surface area contributed by atoms with Crippen molar-refractivity contribution in [1.82, 2.24) is 9.21 Å². The molecule has 0 aliphatic carbocycles. The Labute approximate surface area is 132 Å². The van der Waals surface area contributed by atoms with E-state index in [4.69, 9.17) is 0 Å². The van der Waals surface area contributed by atoms with Crippen LogP contribution in [0.4, 0.5) is 0 Å². The molecule has 2 heterocycles. The molecular weight excluding hydrogens is 298 g/mol. The predicted molar refractivity (Wildman–Crippen MR) is 87.5 cm³/mol. The van der Waals surface area contributed by atoms with Gasteiger partial charge >= 0.3 is 0 Å². The molecule has 1 saturated heterocycles. The van der Waals surface area contributed by atoms with Crippen LogP contribution in [-0.4, -0.2) is 49.8 Å². The summed E-state index contributed by atoms with van der Waals surface area (Å²) in [6.45, 7) is 6.63. The number of hydrogen-bond donors (Lipinski definition) is 0. The highest BCUT2D eigenvalue weighted by Crippen LogP contribution is 2.25. The summed E-state index contributed by atoms with van der Waals surface area (Å²) < 4.78 is 27.6. The molecule has 1 aromatic carbocycles. The standard InChI is InChI=1S/C16H23N3O2S/c1-13-6-7-15(14(2)12-13)22(20,21)19-11-8-17-16(19)18-9-4-3-5-10-18/h6-7,12H,3-5,8-11H2,1-2H3. The lowest BCUT2D eigenvalue weighted by molar-refractivity contribution is 0.321. The molecule has 5 nitrogen and oxygen atoms in total. The Bertz CT molecular complexity index is 691. The monoisotopic (exact) mass is 321 g/mol.